The zero-order valence-corrected chi connectivity index (χ0v) is 11.8. The van der Waals surface area contributed by atoms with E-state index in [0.717, 1.165) is 16.5 Å². The molecule has 2 amide bonds. The van der Waals surface area contributed by atoms with Crippen LogP contribution in [0.1, 0.15) is 0 Å². The molecule has 2 aromatic carbocycles. The van der Waals surface area contributed by atoms with Gasteiger partial charge < -0.3 is 10.6 Å². The van der Waals surface area contributed by atoms with E-state index in [2.05, 4.69) is 15.6 Å². The van der Waals surface area contributed by atoms with Crippen LogP contribution in [0.2, 0.25) is 5.02 Å². The zero-order chi connectivity index (χ0) is 14.7. The summed E-state index contributed by atoms with van der Waals surface area (Å²) in [7, 11) is 0. The second-order valence-electron chi connectivity index (χ2n) is 4.52. The minimum Gasteiger partial charge on any atom is -0.308 e. The third kappa shape index (κ3) is 3.30. The number of halogens is 1. The lowest BCUT2D eigenvalue weighted by Gasteiger charge is -2.08. The number of hydrogen-bond acceptors (Lipinski definition) is 2. The van der Waals surface area contributed by atoms with Crippen LogP contribution in [0, 0.1) is 0 Å². The summed E-state index contributed by atoms with van der Waals surface area (Å²) >= 11 is 5.80. The summed E-state index contributed by atoms with van der Waals surface area (Å²) in [6.07, 6.45) is 3.51. The molecule has 0 radical (unpaired) electrons. The van der Waals surface area contributed by atoms with Gasteiger partial charge in [0.2, 0.25) is 0 Å². The molecule has 1 heterocycles. The van der Waals surface area contributed by atoms with Crippen molar-refractivity contribution in [2.24, 2.45) is 0 Å². The van der Waals surface area contributed by atoms with E-state index in [4.69, 9.17) is 11.6 Å². The van der Waals surface area contributed by atoms with E-state index in [1.54, 1.807) is 36.7 Å². The van der Waals surface area contributed by atoms with E-state index < -0.39 is 0 Å². The van der Waals surface area contributed by atoms with Gasteiger partial charge in [-0.2, -0.15) is 0 Å². The number of urea groups is 1. The summed E-state index contributed by atoms with van der Waals surface area (Å²) in [5.74, 6) is 0. The molecule has 104 valence electrons. The largest absolute Gasteiger partial charge is 0.323 e. The van der Waals surface area contributed by atoms with Crippen molar-refractivity contribution < 1.29 is 4.79 Å². The number of fused-ring (bicyclic) bond motifs is 1. The highest BCUT2D eigenvalue weighted by molar-refractivity contribution is 6.30. The first-order chi connectivity index (χ1) is 10.2. The first-order valence-electron chi connectivity index (χ1n) is 6.38. The lowest BCUT2D eigenvalue weighted by molar-refractivity contribution is 0.262. The number of nitrogens with zero attached hydrogens (tertiary/aromatic N) is 1. The number of rotatable bonds is 2. The molecule has 0 atom stereocenters. The van der Waals surface area contributed by atoms with E-state index in [-0.39, 0.29) is 6.03 Å². The molecular weight excluding hydrogens is 286 g/mol. The highest BCUT2D eigenvalue weighted by Gasteiger charge is 2.03. The topological polar surface area (TPSA) is 54.0 Å². The summed E-state index contributed by atoms with van der Waals surface area (Å²) in [5, 5.41) is 8.22. The standard InChI is InChI=1S/C16H12ClN3O/c17-13-2-5-14(6-3-13)19-16(21)20-15-4-1-12-10-18-8-7-11(12)9-15/h1-10H,(H2,19,20,21). The molecule has 0 aliphatic heterocycles. The smallest absolute Gasteiger partial charge is 0.308 e. The van der Waals surface area contributed by atoms with E-state index in [1.165, 1.54) is 0 Å². The number of benzene rings is 2. The predicted octanol–water partition coefficient (Wildman–Crippen LogP) is 4.53. The minimum absolute atomic E-state index is 0.300. The Balaban J connectivity index is 1.72. The Labute approximate surface area is 126 Å². The SMILES string of the molecule is O=C(Nc1ccc(Cl)cc1)Nc1ccc2cnccc2c1. The molecule has 3 aromatic rings. The van der Waals surface area contributed by atoms with Crippen LogP contribution >= 0.6 is 11.6 Å². The number of carbonyl (C=O) groups is 1. The Morgan fingerprint density at radius 1 is 0.905 bits per heavy atom. The molecule has 0 fully saturated rings. The van der Waals surface area contributed by atoms with Gasteiger partial charge in [-0.25, -0.2) is 4.79 Å². The normalized spacial score (nSPS) is 10.3. The third-order valence-electron chi connectivity index (χ3n) is 3.00. The molecule has 0 bridgehead atoms. The highest BCUT2D eigenvalue weighted by Crippen LogP contribution is 2.18. The summed E-state index contributed by atoms with van der Waals surface area (Å²) in [6.45, 7) is 0. The van der Waals surface area contributed by atoms with Crippen molar-refractivity contribution >= 4 is 39.8 Å². The molecule has 0 aliphatic rings. The number of hydrogen-bond donors (Lipinski definition) is 2. The average molecular weight is 298 g/mol. The molecule has 0 saturated carbocycles. The fraction of sp³-hybridized carbons (Fsp3) is 0. The Morgan fingerprint density at radius 3 is 2.43 bits per heavy atom. The van der Waals surface area contributed by atoms with Crippen LogP contribution in [0.25, 0.3) is 10.8 Å². The van der Waals surface area contributed by atoms with Crippen molar-refractivity contribution in [2.75, 3.05) is 10.6 Å². The molecule has 0 spiro atoms. The Hall–Kier alpha value is -2.59. The van der Waals surface area contributed by atoms with E-state index in [1.807, 2.05) is 24.3 Å². The molecule has 21 heavy (non-hydrogen) atoms. The summed E-state index contributed by atoms with van der Waals surface area (Å²) in [6, 6.07) is 14.2. The predicted molar refractivity (Wildman–Crippen MR) is 85.8 cm³/mol. The first-order valence-corrected chi connectivity index (χ1v) is 6.76. The van der Waals surface area contributed by atoms with Crippen molar-refractivity contribution in [1.82, 2.24) is 4.98 Å². The van der Waals surface area contributed by atoms with E-state index >= 15 is 0 Å². The fourth-order valence-electron chi connectivity index (χ4n) is 1.99. The number of carbonyl (C=O) groups excluding carboxylic acids is 1. The van der Waals surface area contributed by atoms with Gasteiger partial charge in [-0.1, -0.05) is 17.7 Å². The van der Waals surface area contributed by atoms with Crippen LogP contribution in [-0.4, -0.2) is 11.0 Å². The number of anilines is 2. The Bertz CT molecular complexity index is 787. The van der Waals surface area contributed by atoms with Gasteiger partial charge >= 0.3 is 6.03 Å². The van der Waals surface area contributed by atoms with Crippen LogP contribution in [-0.2, 0) is 0 Å². The molecule has 0 aliphatic carbocycles. The van der Waals surface area contributed by atoms with Gasteiger partial charge in [0.1, 0.15) is 0 Å². The van der Waals surface area contributed by atoms with Crippen LogP contribution in [0.3, 0.4) is 0 Å². The zero-order valence-electron chi connectivity index (χ0n) is 11.0. The van der Waals surface area contributed by atoms with Crippen LogP contribution in [0.15, 0.2) is 60.9 Å². The van der Waals surface area contributed by atoms with Crippen molar-refractivity contribution in [2.45, 2.75) is 0 Å². The monoisotopic (exact) mass is 297 g/mol. The van der Waals surface area contributed by atoms with Gasteiger partial charge in [-0.15, -0.1) is 0 Å². The van der Waals surface area contributed by atoms with Crippen molar-refractivity contribution in [3.8, 4) is 0 Å². The second kappa shape index (κ2) is 5.81. The molecule has 3 rings (SSSR count). The maximum absolute atomic E-state index is 11.9. The molecule has 2 N–H and O–H groups in total. The lowest BCUT2D eigenvalue weighted by atomic mass is 10.1. The van der Waals surface area contributed by atoms with Crippen molar-refractivity contribution in [3.05, 3.63) is 65.9 Å². The van der Waals surface area contributed by atoms with Crippen molar-refractivity contribution in [3.63, 3.8) is 0 Å². The Morgan fingerprint density at radius 2 is 1.62 bits per heavy atom. The van der Waals surface area contributed by atoms with Crippen LogP contribution < -0.4 is 10.6 Å². The molecule has 5 heteroatoms. The molecule has 0 unspecified atom stereocenters. The summed E-state index contributed by atoms with van der Waals surface area (Å²) in [5.41, 5.74) is 1.40. The van der Waals surface area contributed by atoms with Gasteiger partial charge in [-0.05, 0) is 47.9 Å². The van der Waals surface area contributed by atoms with Gasteiger partial charge in [0.25, 0.3) is 0 Å². The number of amides is 2. The summed E-state index contributed by atoms with van der Waals surface area (Å²) in [4.78, 5) is 16.0. The third-order valence-corrected chi connectivity index (χ3v) is 3.25. The average Bonchev–Trinajstić information content (AvgIpc) is 2.49. The highest BCUT2D eigenvalue weighted by atomic mass is 35.5. The fourth-order valence-corrected chi connectivity index (χ4v) is 2.11. The molecule has 0 saturated heterocycles. The maximum atomic E-state index is 11.9. The van der Waals surface area contributed by atoms with Gasteiger partial charge in [0, 0.05) is 34.2 Å². The summed E-state index contributed by atoms with van der Waals surface area (Å²) < 4.78 is 0. The van der Waals surface area contributed by atoms with E-state index in [0.29, 0.717) is 10.7 Å². The van der Waals surface area contributed by atoms with Gasteiger partial charge in [-0.3, -0.25) is 4.98 Å². The van der Waals surface area contributed by atoms with Crippen LogP contribution in [0.5, 0.6) is 0 Å². The van der Waals surface area contributed by atoms with Gasteiger partial charge in [0.15, 0.2) is 0 Å². The number of aromatic nitrogens is 1. The first kappa shape index (κ1) is 13.4. The number of nitrogens with one attached hydrogen (secondary N) is 2. The van der Waals surface area contributed by atoms with E-state index in [9.17, 15) is 4.79 Å². The molecular formula is C16H12ClN3O. The van der Waals surface area contributed by atoms with Gasteiger partial charge in [0.05, 0.1) is 0 Å². The van der Waals surface area contributed by atoms with Crippen LogP contribution in [0.4, 0.5) is 16.2 Å². The maximum Gasteiger partial charge on any atom is 0.323 e. The number of pyridine rings is 1. The Kier molecular flexibility index (Phi) is 3.71. The second-order valence-corrected chi connectivity index (χ2v) is 4.96. The molecule has 1 aromatic heterocycles. The molecule has 4 nitrogen and oxygen atoms in total. The van der Waals surface area contributed by atoms with Crippen molar-refractivity contribution in [1.29, 1.82) is 0 Å². The minimum atomic E-state index is -0.300. The lowest BCUT2D eigenvalue weighted by Crippen LogP contribution is -2.19. The quantitative estimate of drug-likeness (QED) is 0.730.